The highest BCUT2D eigenvalue weighted by Crippen LogP contribution is 2.23. The number of amides is 1. The molecular formula is C18H21FN2O3S. The zero-order valence-electron chi connectivity index (χ0n) is 14.4. The fraction of sp³-hybridized carbons (Fsp3) is 0.278. The number of nitrogens with zero attached hydrogens (tertiary/aromatic N) is 1. The van der Waals surface area contributed by atoms with E-state index in [-0.39, 0.29) is 5.69 Å². The van der Waals surface area contributed by atoms with E-state index in [0.717, 1.165) is 34.7 Å². The van der Waals surface area contributed by atoms with Gasteiger partial charge in [0.05, 0.1) is 11.9 Å². The van der Waals surface area contributed by atoms with Gasteiger partial charge in [0.25, 0.3) is 0 Å². The van der Waals surface area contributed by atoms with Crippen LogP contribution < -0.4 is 9.62 Å². The number of rotatable bonds is 6. The van der Waals surface area contributed by atoms with Gasteiger partial charge in [-0.1, -0.05) is 25.1 Å². The lowest BCUT2D eigenvalue weighted by molar-refractivity contribution is -0.116. The van der Waals surface area contributed by atoms with Crippen LogP contribution >= 0.6 is 0 Å². The van der Waals surface area contributed by atoms with Crippen molar-refractivity contribution in [3.05, 3.63) is 59.9 Å². The van der Waals surface area contributed by atoms with Crippen LogP contribution in [-0.2, 0) is 21.2 Å². The maximum absolute atomic E-state index is 13.1. The van der Waals surface area contributed by atoms with Crippen LogP contribution in [0.4, 0.5) is 15.8 Å². The number of sulfonamides is 1. The number of benzene rings is 2. The average Bonchev–Trinajstić information content (AvgIpc) is 2.56. The number of halogens is 1. The van der Waals surface area contributed by atoms with E-state index >= 15 is 0 Å². The van der Waals surface area contributed by atoms with E-state index < -0.39 is 27.8 Å². The van der Waals surface area contributed by atoms with Crippen LogP contribution in [0.2, 0.25) is 0 Å². The third-order valence-corrected chi connectivity index (χ3v) is 5.07. The summed E-state index contributed by atoms with van der Waals surface area (Å²) in [6.45, 7) is 3.46. The Balaban J connectivity index is 2.31. The minimum atomic E-state index is -3.73. The highest BCUT2D eigenvalue weighted by molar-refractivity contribution is 7.92. The Hall–Kier alpha value is -2.41. The van der Waals surface area contributed by atoms with Gasteiger partial charge < -0.3 is 5.32 Å². The smallest absolute Gasteiger partial charge is 0.248 e. The fourth-order valence-corrected chi connectivity index (χ4v) is 3.76. The van der Waals surface area contributed by atoms with Gasteiger partial charge >= 0.3 is 0 Å². The molecule has 25 heavy (non-hydrogen) atoms. The fourth-order valence-electron chi connectivity index (χ4n) is 2.58. The van der Waals surface area contributed by atoms with E-state index in [4.69, 9.17) is 0 Å². The first kappa shape index (κ1) is 18.9. The van der Waals surface area contributed by atoms with Gasteiger partial charge in [0.15, 0.2) is 0 Å². The molecule has 0 saturated carbocycles. The molecule has 2 aromatic carbocycles. The molecule has 0 aliphatic rings. The lowest BCUT2D eigenvalue weighted by atomic mass is 10.1. The molecule has 0 saturated heterocycles. The number of carbonyl (C=O) groups is 1. The van der Waals surface area contributed by atoms with Gasteiger partial charge in [-0.15, -0.1) is 0 Å². The molecule has 0 aliphatic heterocycles. The van der Waals surface area contributed by atoms with Crippen LogP contribution in [0.5, 0.6) is 0 Å². The SMILES string of the molecule is CCc1ccccc1NC(=O)[C@@H](C)N(c1ccc(F)cc1)S(C)(=O)=O. The molecule has 0 bridgehead atoms. The number of hydrogen-bond donors (Lipinski definition) is 1. The second-order valence-electron chi connectivity index (χ2n) is 5.71. The normalized spacial score (nSPS) is 12.5. The molecule has 7 heteroatoms. The second kappa shape index (κ2) is 7.65. The Morgan fingerprint density at radius 2 is 1.76 bits per heavy atom. The minimum absolute atomic E-state index is 0.232. The van der Waals surface area contributed by atoms with Crippen LogP contribution in [0.1, 0.15) is 19.4 Å². The van der Waals surface area contributed by atoms with Crippen molar-refractivity contribution in [2.75, 3.05) is 15.9 Å². The highest BCUT2D eigenvalue weighted by atomic mass is 32.2. The first-order valence-electron chi connectivity index (χ1n) is 7.87. The number of hydrogen-bond acceptors (Lipinski definition) is 3. The molecule has 0 unspecified atom stereocenters. The molecule has 0 spiro atoms. The second-order valence-corrected chi connectivity index (χ2v) is 7.57. The van der Waals surface area contributed by atoms with Gasteiger partial charge in [-0.2, -0.15) is 0 Å². The third kappa shape index (κ3) is 4.57. The monoisotopic (exact) mass is 364 g/mol. The Morgan fingerprint density at radius 3 is 2.32 bits per heavy atom. The molecule has 0 aromatic heterocycles. The minimum Gasteiger partial charge on any atom is -0.324 e. The Kier molecular flexibility index (Phi) is 5.79. The first-order valence-corrected chi connectivity index (χ1v) is 9.72. The van der Waals surface area contributed by atoms with Gasteiger partial charge in [0, 0.05) is 5.69 Å². The summed E-state index contributed by atoms with van der Waals surface area (Å²) < 4.78 is 38.5. The largest absolute Gasteiger partial charge is 0.324 e. The summed E-state index contributed by atoms with van der Waals surface area (Å²) in [5.74, 6) is -0.943. The van der Waals surface area contributed by atoms with E-state index in [0.29, 0.717) is 5.69 Å². The topological polar surface area (TPSA) is 66.5 Å². The molecule has 0 aliphatic carbocycles. The lowest BCUT2D eigenvalue weighted by Gasteiger charge is -2.28. The van der Waals surface area contributed by atoms with Crippen molar-refractivity contribution in [2.45, 2.75) is 26.3 Å². The summed E-state index contributed by atoms with van der Waals surface area (Å²) in [5, 5.41) is 2.78. The Bertz CT molecular complexity index is 851. The molecule has 2 aromatic rings. The molecule has 1 atom stereocenters. The summed E-state index contributed by atoms with van der Waals surface area (Å²) >= 11 is 0. The van der Waals surface area contributed by atoms with Crippen LogP contribution in [-0.4, -0.2) is 26.6 Å². The third-order valence-electron chi connectivity index (χ3n) is 3.83. The first-order chi connectivity index (χ1) is 11.7. The number of para-hydroxylation sites is 1. The predicted octanol–water partition coefficient (Wildman–Crippen LogP) is 3.18. The van der Waals surface area contributed by atoms with E-state index in [1.54, 1.807) is 12.1 Å². The standard InChI is InChI=1S/C18H21FN2O3S/c1-4-14-7-5-6-8-17(14)20-18(22)13(2)21(25(3,23)24)16-11-9-15(19)10-12-16/h5-13H,4H2,1-3H3,(H,20,22)/t13-/m1/s1. The van der Waals surface area contributed by atoms with E-state index in [1.807, 2.05) is 19.1 Å². The van der Waals surface area contributed by atoms with Crippen molar-refractivity contribution in [2.24, 2.45) is 0 Å². The van der Waals surface area contributed by atoms with Crippen molar-refractivity contribution < 1.29 is 17.6 Å². The summed E-state index contributed by atoms with van der Waals surface area (Å²) in [5.41, 5.74) is 1.83. The van der Waals surface area contributed by atoms with Gasteiger partial charge in [-0.25, -0.2) is 12.8 Å². The van der Waals surface area contributed by atoms with Gasteiger partial charge in [-0.05, 0) is 49.2 Å². The summed E-state index contributed by atoms with van der Waals surface area (Å²) in [6, 6.07) is 11.3. The maximum atomic E-state index is 13.1. The van der Waals surface area contributed by atoms with Crippen molar-refractivity contribution in [1.82, 2.24) is 0 Å². The molecule has 2 rings (SSSR count). The highest BCUT2D eigenvalue weighted by Gasteiger charge is 2.29. The number of carbonyl (C=O) groups excluding carboxylic acids is 1. The molecule has 0 heterocycles. The molecule has 0 fully saturated rings. The molecule has 5 nitrogen and oxygen atoms in total. The van der Waals surface area contributed by atoms with Crippen molar-refractivity contribution in [3.8, 4) is 0 Å². The predicted molar refractivity (Wildman–Crippen MR) is 97.6 cm³/mol. The quantitative estimate of drug-likeness (QED) is 0.856. The van der Waals surface area contributed by atoms with Crippen LogP contribution in [0.3, 0.4) is 0 Å². The van der Waals surface area contributed by atoms with Gasteiger partial charge in [0.2, 0.25) is 15.9 Å². The van der Waals surface area contributed by atoms with Crippen LogP contribution in [0.15, 0.2) is 48.5 Å². The van der Waals surface area contributed by atoms with Gasteiger partial charge in [0.1, 0.15) is 11.9 Å². The molecular weight excluding hydrogens is 343 g/mol. The molecule has 1 amide bonds. The summed E-state index contributed by atoms with van der Waals surface area (Å²) in [7, 11) is -3.73. The van der Waals surface area contributed by atoms with Crippen LogP contribution in [0, 0.1) is 5.82 Å². The number of aryl methyl sites for hydroxylation is 1. The van der Waals surface area contributed by atoms with E-state index in [2.05, 4.69) is 5.32 Å². The zero-order valence-corrected chi connectivity index (χ0v) is 15.2. The number of anilines is 2. The Morgan fingerprint density at radius 1 is 1.16 bits per heavy atom. The molecule has 134 valence electrons. The van der Waals surface area contributed by atoms with Crippen molar-refractivity contribution in [3.63, 3.8) is 0 Å². The van der Waals surface area contributed by atoms with Crippen LogP contribution in [0.25, 0.3) is 0 Å². The average molecular weight is 364 g/mol. The summed E-state index contributed by atoms with van der Waals surface area (Å²) in [4.78, 5) is 12.6. The van der Waals surface area contributed by atoms with Crippen molar-refractivity contribution in [1.29, 1.82) is 0 Å². The van der Waals surface area contributed by atoms with E-state index in [1.165, 1.54) is 19.1 Å². The lowest BCUT2D eigenvalue weighted by Crippen LogP contribution is -2.45. The van der Waals surface area contributed by atoms with Gasteiger partial charge in [-0.3, -0.25) is 9.10 Å². The molecule has 0 radical (unpaired) electrons. The number of nitrogens with one attached hydrogen (secondary N) is 1. The van der Waals surface area contributed by atoms with E-state index in [9.17, 15) is 17.6 Å². The zero-order chi connectivity index (χ0) is 18.6. The van der Waals surface area contributed by atoms with Crippen molar-refractivity contribution >= 4 is 27.3 Å². The Labute approximate surface area is 147 Å². The summed E-state index contributed by atoms with van der Waals surface area (Å²) in [6.07, 6.45) is 1.75. The molecule has 1 N–H and O–H groups in total. The maximum Gasteiger partial charge on any atom is 0.248 e.